The van der Waals surface area contributed by atoms with Gasteiger partial charge in [-0.2, -0.15) is 0 Å². The second-order valence-corrected chi connectivity index (χ2v) is 4.52. The van der Waals surface area contributed by atoms with E-state index < -0.39 is 5.54 Å². The highest BCUT2D eigenvalue weighted by atomic mass is 16.5. The van der Waals surface area contributed by atoms with Crippen LogP contribution in [0.5, 0.6) is 0 Å². The highest BCUT2D eigenvalue weighted by molar-refractivity contribution is 5.88. The van der Waals surface area contributed by atoms with Crippen LogP contribution < -0.4 is 5.32 Å². The van der Waals surface area contributed by atoms with Crippen molar-refractivity contribution < 1.29 is 9.53 Å². The molecule has 4 heteroatoms. The van der Waals surface area contributed by atoms with E-state index in [-0.39, 0.29) is 18.1 Å². The van der Waals surface area contributed by atoms with Crippen LogP contribution in [0.3, 0.4) is 0 Å². The summed E-state index contributed by atoms with van der Waals surface area (Å²) in [4.78, 5) is 14.1. The lowest BCUT2D eigenvalue weighted by Crippen LogP contribution is -2.45. The second-order valence-electron chi connectivity index (χ2n) is 4.52. The molecule has 0 aromatic carbocycles. The van der Waals surface area contributed by atoms with Crippen molar-refractivity contribution in [2.75, 3.05) is 13.7 Å². The minimum atomic E-state index is -0.401. The predicted molar refractivity (Wildman–Crippen MR) is 59.5 cm³/mol. The van der Waals surface area contributed by atoms with Crippen LogP contribution in [0.4, 0.5) is 0 Å². The number of methoxy groups -OCH3 is 1. The number of hydrogen-bond donors (Lipinski definition) is 1. The maximum Gasteiger partial charge on any atom is 0.244 e. The largest absolute Gasteiger partial charge is 0.383 e. The van der Waals surface area contributed by atoms with E-state index in [1.165, 1.54) is 0 Å². The molecule has 0 bridgehead atoms. The molecule has 1 saturated heterocycles. The molecule has 1 rings (SSSR count). The molecule has 0 saturated carbocycles. The molecule has 3 atom stereocenters. The van der Waals surface area contributed by atoms with Gasteiger partial charge in [-0.3, -0.25) is 10.1 Å². The zero-order valence-electron chi connectivity index (χ0n) is 10.3. The molecular formula is C11H22N2O2. The zero-order chi connectivity index (χ0) is 11.6. The molecule has 4 nitrogen and oxygen atoms in total. The molecule has 15 heavy (non-hydrogen) atoms. The second kappa shape index (κ2) is 4.49. The van der Waals surface area contributed by atoms with Gasteiger partial charge in [0.25, 0.3) is 0 Å². The number of nitrogens with zero attached hydrogens (tertiary/aromatic N) is 1. The predicted octanol–water partition coefficient (Wildman–Crippen LogP) is 0.968. The number of amides is 1. The number of nitrogens with one attached hydrogen (secondary N) is 1. The van der Waals surface area contributed by atoms with Crippen molar-refractivity contribution in [3.63, 3.8) is 0 Å². The van der Waals surface area contributed by atoms with Gasteiger partial charge in [-0.05, 0) is 27.2 Å². The van der Waals surface area contributed by atoms with Crippen molar-refractivity contribution in [2.24, 2.45) is 0 Å². The Balaban J connectivity index is 2.79. The van der Waals surface area contributed by atoms with Crippen LogP contribution in [-0.4, -0.2) is 42.3 Å². The van der Waals surface area contributed by atoms with Gasteiger partial charge >= 0.3 is 0 Å². The Bertz CT molecular complexity index is 241. The van der Waals surface area contributed by atoms with Gasteiger partial charge in [0.15, 0.2) is 0 Å². The fraction of sp³-hybridized carbons (Fsp3) is 0.909. The number of carbonyl (C=O) groups excluding carboxylic acids is 1. The summed E-state index contributed by atoms with van der Waals surface area (Å²) in [6.45, 7) is 8.61. The van der Waals surface area contributed by atoms with Crippen LogP contribution in [0.1, 0.15) is 34.1 Å². The van der Waals surface area contributed by atoms with Crippen molar-refractivity contribution in [3.05, 3.63) is 0 Å². The first-order chi connectivity index (χ1) is 6.96. The molecular weight excluding hydrogens is 192 g/mol. The summed E-state index contributed by atoms with van der Waals surface area (Å²) >= 11 is 0. The van der Waals surface area contributed by atoms with E-state index in [0.717, 1.165) is 6.42 Å². The molecule has 0 spiro atoms. The Morgan fingerprint density at radius 2 is 2.27 bits per heavy atom. The lowest BCUT2D eigenvalue weighted by Gasteiger charge is -2.28. The summed E-state index contributed by atoms with van der Waals surface area (Å²) in [7, 11) is 1.66. The fourth-order valence-electron chi connectivity index (χ4n) is 2.21. The van der Waals surface area contributed by atoms with Gasteiger partial charge in [0.1, 0.15) is 0 Å². The lowest BCUT2D eigenvalue weighted by atomic mass is 9.99. The number of carbonyl (C=O) groups is 1. The van der Waals surface area contributed by atoms with E-state index in [9.17, 15) is 4.79 Å². The van der Waals surface area contributed by atoms with Crippen LogP contribution in [0.2, 0.25) is 0 Å². The van der Waals surface area contributed by atoms with Crippen LogP contribution in [0.25, 0.3) is 0 Å². The Kier molecular flexibility index (Phi) is 3.73. The first kappa shape index (κ1) is 12.5. The fourth-order valence-corrected chi connectivity index (χ4v) is 2.21. The number of rotatable bonds is 4. The molecule has 1 amide bonds. The van der Waals surface area contributed by atoms with Crippen LogP contribution in [0.15, 0.2) is 0 Å². The average molecular weight is 214 g/mol. The van der Waals surface area contributed by atoms with E-state index in [1.54, 1.807) is 7.11 Å². The smallest absolute Gasteiger partial charge is 0.244 e. The summed E-state index contributed by atoms with van der Waals surface area (Å²) in [5, 5.41) is 3.34. The van der Waals surface area contributed by atoms with Gasteiger partial charge in [0.2, 0.25) is 5.91 Å². The molecule has 1 fully saturated rings. The van der Waals surface area contributed by atoms with E-state index in [2.05, 4.69) is 5.32 Å². The Morgan fingerprint density at radius 1 is 1.67 bits per heavy atom. The molecule has 0 aliphatic carbocycles. The Hall–Kier alpha value is -0.610. The molecule has 1 aliphatic heterocycles. The first-order valence-corrected chi connectivity index (χ1v) is 5.55. The molecule has 0 aromatic rings. The van der Waals surface area contributed by atoms with E-state index >= 15 is 0 Å². The normalized spacial score (nSPS) is 33.5. The first-order valence-electron chi connectivity index (χ1n) is 5.55. The summed E-state index contributed by atoms with van der Waals surface area (Å²) in [5.41, 5.74) is -0.401. The van der Waals surface area contributed by atoms with Gasteiger partial charge in [-0.1, -0.05) is 6.92 Å². The lowest BCUT2D eigenvalue weighted by molar-refractivity contribution is -0.135. The van der Waals surface area contributed by atoms with Gasteiger partial charge in [0.05, 0.1) is 24.4 Å². The molecule has 88 valence electrons. The van der Waals surface area contributed by atoms with Crippen LogP contribution in [0, 0.1) is 0 Å². The third kappa shape index (κ3) is 2.16. The Labute approximate surface area is 92.0 Å². The molecule has 0 radical (unpaired) electrons. The van der Waals surface area contributed by atoms with Crippen molar-refractivity contribution in [1.29, 1.82) is 0 Å². The van der Waals surface area contributed by atoms with Crippen molar-refractivity contribution >= 4 is 5.91 Å². The molecule has 1 heterocycles. The van der Waals surface area contributed by atoms with Crippen LogP contribution in [-0.2, 0) is 9.53 Å². The maximum absolute atomic E-state index is 12.2. The topological polar surface area (TPSA) is 41.6 Å². The Morgan fingerprint density at radius 3 is 2.67 bits per heavy atom. The van der Waals surface area contributed by atoms with Crippen molar-refractivity contribution in [3.8, 4) is 0 Å². The highest BCUT2D eigenvalue weighted by Crippen LogP contribution is 2.25. The molecule has 3 unspecified atom stereocenters. The summed E-state index contributed by atoms with van der Waals surface area (Å²) in [5.74, 6) is 0.182. The number of hydrogen-bond acceptors (Lipinski definition) is 3. The monoisotopic (exact) mass is 214 g/mol. The van der Waals surface area contributed by atoms with E-state index in [1.807, 2.05) is 32.6 Å². The van der Waals surface area contributed by atoms with Crippen molar-refractivity contribution in [2.45, 2.75) is 51.9 Å². The highest BCUT2D eigenvalue weighted by Gasteiger charge is 2.46. The summed E-state index contributed by atoms with van der Waals surface area (Å²) in [6.07, 6.45) is 0.902. The summed E-state index contributed by atoms with van der Waals surface area (Å²) in [6, 6.07) is 0.123. The quantitative estimate of drug-likeness (QED) is 0.758. The minimum absolute atomic E-state index is 0.0904. The standard InChI is InChI=1S/C11H22N2O2/c1-6-11(4)10(14)13(9(3)12-11)8(2)7-15-5/h8-9,12H,6-7H2,1-5H3. The van der Waals surface area contributed by atoms with Gasteiger partial charge < -0.3 is 9.64 Å². The van der Waals surface area contributed by atoms with E-state index in [4.69, 9.17) is 4.74 Å². The molecule has 0 aromatic heterocycles. The average Bonchev–Trinajstić information content (AvgIpc) is 2.39. The van der Waals surface area contributed by atoms with Gasteiger partial charge in [0, 0.05) is 7.11 Å². The van der Waals surface area contributed by atoms with Crippen molar-refractivity contribution in [1.82, 2.24) is 10.2 Å². The maximum atomic E-state index is 12.2. The molecule has 1 aliphatic rings. The van der Waals surface area contributed by atoms with Gasteiger partial charge in [-0.25, -0.2) is 0 Å². The summed E-state index contributed by atoms with van der Waals surface area (Å²) < 4.78 is 5.09. The minimum Gasteiger partial charge on any atom is -0.383 e. The van der Waals surface area contributed by atoms with E-state index in [0.29, 0.717) is 6.61 Å². The third-order valence-corrected chi connectivity index (χ3v) is 3.24. The number of ether oxygens (including phenoxy) is 1. The van der Waals surface area contributed by atoms with Gasteiger partial charge in [-0.15, -0.1) is 0 Å². The third-order valence-electron chi connectivity index (χ3n) is 3.24. The SMILES string of the molecule is CCC1(C)NC(C)N(C(C)COC)C1=O. The van der Waals surface area contributed by atoms with Crippen LogP contribution >= 0.6 is 0 Å². The molecule has 1 N–H and O–H groups in total. The zero-order valence-corrected chi connectivity index (χ0v) is 10.3.